The van der Waals surface area contributed by atoms with Crippen LogP contribution in [0.4, 0.5) is 5.82 Å². The van der Waals surface area contributed by atoms with E-state index >= 15 is 0 Å². The van der Waals surface area contributed by atoms with Crippen LogP contribution < -0.4 is 5.73 Å². The minimum absolute atomic E-state index is 0.170. The third kappa shape index (κ3) is 4.90. The zero-order chi connectivity index (χ0) is 14.3. The Morgan fingerprint density at radius 1 is 1.47 bits per heavy atom. The van der Waals surface area contributed by atoms with E-state index in [-0.39, 0.29) is 5.69 Å². The van der Waals surface area contributed by atoms with Crippen molar-refractivity contribution in [2.24, 2.45) is 5.92 Å². The van der Waals surface area contributed by atoms with Crippen LogP contribution in [-0.2, 0) is 16.0 Å². The fourth-order valence-corrected chi connectivity index (χ4v) is 1.51. The molecule has 0 aliphatic heterocycles. The van der Waals surface area contributed by atoms with Gasteiger partial charge in [0, 0.05) is 13.2 Å². The van der Waals surface area contributed by atoms with E-state index in [1.165, 1.54) is 6.33 Å². The Morgan fingerprint density at radius 3 is 2.84 bits per heavy atom. The summed E-state index contributed by atoms with van der Waals surface area (Å²) in [5.74, 6) is 0.471. The van der Waals surface area contributed by atoms with E-state index < -0.39 is 5.97 Å². The molecule has 0 spiro atoms. The molecule has 0 radical (unpaired) electrons. The molecule has 2 N–H and O–H groups in total. The van der Waals surface area contributed by atoms with Gasteiger partial charge >= 0.3 is 5.97 Å². The number of ether oxygens (including phenoxy) is 2. The maximum atomic E-state index is 11.5. The first-order valence-corrected chi connectivity index (χ1v) is 6.61. The second-order valence-electron chi connectivity index (χ2n) is 4.69. The molecule has 6 nitrogen and oxygen atoms in total. The first-order valence-electron chi connectivity index (χ1n) is 6.61. The minimum Gasteiger partial charge on any atom is -0.461 e. The largest absolute Gasteiger partial charge is 0.461 e. The summed E-state index contributed by atoms with van der Waals surface area (Å²) in [6.45, 7) is 8.23. The quantitative estimate of drug-likeness (QED) is 0.574. The third-order valence-corrected chi connectivity index (χ3v) is 2.66. The summed E-state index contributed by atoms with van der Waals surface area (Å²) in [6, 6.07) is 0. The number of nitrogen functional groups attached to an aromatic ring is 1. The van der Waals surface area contributed by atoms with Crippen molar-refractivity contribution in [2.75, 3.05) is 25.6 Å². The molecule has 0 unspecified atom stereocenters. The monoisotopic (exact) mass is 269 g/mol. The fraction of sp³-hybridized carbons (Fsp3) is 0.692. The second kappa shape index (κ2) is 7.78. The van der Waals surface area contributed by atoms with Crippen LogP contribution in [0, 0.1) is 5.92 Å². The molecule has 0 aliphatic carbocycles. The van der Waals surface area contributed by atoms with Gasteiger partial charge in [-0.15, -0.1) is 0 Å². The van der Waals surface area contributed by atoms with E-state index in [0.29, 0.717) is 31.5 Å². The molecule has 0 aromatic carbocycles. The first kappa shape index (κ1) is 15.5. The molecule has 0 amide bonds. The zero-order valence-corrected chi connectivity index (χ0v) is 11.9. The number of hydrogen-bond donors (Lipinski definition) is 1. The Kier molecular flexibility index (Phi) is 6.35. The summed E-state index contributed by atoms with van der Waals surface area (Å²) in [6.07, 6.45) is 2.57. The summed E-state index contributed by atoms with van der Waals surface area (Å²) in [5.41, 5.74) is 6.01. The van der Waals surface area contributed by atoms with Crippen molar-refractivity contribution in [1.82, 2.24) is 9.55 Å². The van der Waals surface area contributed by atoms with E-state index in [2.05, 4.69) is 18.8 Å². The highest BCUT2D eigenvalue weighted by Crippen LogP contribution is 2.11. The van der Waals surface area contributed by atoms with Crippen molar-refractivity contribution >= 4 is 11.8 Å². The Hall–Kier alpha value is -1.56. The maximum absolute atomic E-state index is 11.5. The fourth-order valence-electron chi connectivity index (χ4n) is 1.51. The van der Waals surface area contributed by atoms with Gasteiger partial charge in [0.15, 0.2) is 5.69 Å². The first-order chi connectivity index (χ1) is 9.06. The van der Waals surface area contributed by atoms with Crippen molar-refractivity contribution in [1.29, 1.82) is 0 Å². The Morgan fingerprint density at radius 2 is 2.21 bits per heavy atom. The van der Waals surface area contributed by atoms with E-state index in [9.17, 15) is 4.79 Å². The summed E-state index contributed by atoms with van der Waals surface area (Å²) < 4.78 is 12.1. The SMILES string of the molecule is CCOC(=O)c1ncn(CCOCCC(C)C)c1N. The van der Waals surface area contributed by atoms with Crippen LogP contribution in [0.5, 0.6) is 0 Å². The van der Waals surface area contributed by atoms with E-state index in [1.54, 1.807) is 11.5 Å². The lowest BCUT2D eigenvalue weighted by atomic mass is 10.1. The van der Waals surface area contributed by atoms with Crippen molar-refractivity contribution in [3.8, 4) is 0 Å². The van der Waals surface area contributed by atoms with Crippen molar-refractivity contribution in [2.45, 2.75) is 33.7 Å². The Labute approximate surface area is 113 Å². The van der Waals surface area contributed by atoms with Crippen molar-refractivity contribution in [3.05, 3.63) is 12.0 Å². The number of esters is 1. The molecule has 0 fully saturated rings. The number of hydrogen-bond acceptors (Lipinski definition) is 5. The van der Waals surface area contributed by atoms with Gasteiger partial charge < -0.3 is 19.8 Å². The van der Waals surface area contributed by atoms with Crippen LogP contribution in [-0.4, -0.2) is 35.3 Å². The van der Waals surface area contributed by atoms with Gasteiger partial charge in [-0.3, -0.25) is 0 Å². The number of nitrogens with two attached hydrogens (primary N) is 1. The van der Waals surface area contributed by atoms with Gasteiger partial charge in [-0.2, -0.15) is 0 Å². The molecule has 1 heterocycles. The van der Waals surface area contributed by atoms with Crippen LogP contribution >= 0.6 is 0 Å². The predicted octanol–water partition coefficient (Wildman–Crippen LogP) is 1.70. The summed E-state index contributed by atoms with van der Waals surface area (Å²) in [7, 11) is 0. The molecular weight excluding hydrogens is 246 g/mol. The number of anilines is 1. The van der Waals surface area contributed by atoms with Gasteiger partial charge in [0.05, 0.1) is 19.5 Å². The normalized spacial score (nSPS) is 10.9. The molecule has 0 saturated heterocycles. The van der Waals surface area contributed by atoms with E-state index in [1.807, 2.05) is 0 Å². The van der Waals surface area contributed by atoms with E-state index in [0.717, 1.165) is 13.0 Å². The van der Waals surface area contributed by atoms with Gasteiger partial charge in [0.2, 0.25) is 0 Å². The van der Waals surface area contributed by atoms with Crippen LogP contribution in [0.3, 0.4) is 0 Å². The van der Waals surface area contributed by atoms with Crippen molar-refractivity contribution < 1.29 is 14.3 Å². The van der Waals surface area contributed by atoms with Gasteiger partial charge in [0.1, 0.15) is 5.82 Å². The average Bonchev–Trinajstić information content (AvgIpc) is 2.70. The number of rotatable bonds is 8. The molecule has 19 heavy (non-hydrogen) atoms. The number of carbonyl (C=O) groups excluding carboxylic acids is 1. The van der Waals surface area contributed by atoms with Gasteiger partial charge in [-0.25, -0.2) is 9.78 Å². The average molecular weight is 269 g/mol. The van der Waals surface area contributed by atoms with Crippen LogP contribution in [0.2, 0.25) is 0 Å². The van der Waals surface area contributed by atoms with Gasteiger partial charge in [-0.05, 0) is 19.3 Å². The standard InChI is InChI=1S/C13H23N3O3/c1-4-19-13(17)11-12(14)16(9-15-11)6-8-18-7-5-10(2)3/h9-10H,4-8,14H2,1-3H3. The highest BCUT2D eigenvalue weighted by atomic mass is 16.5. The molecule has 1 aromatic heterocycles. The molecule has 0 atom stereocenters. The molecule has 1 rings (SSSR count). The predicted molar refractivity (Wildman–Crippen MR) is 72.9 cm³/mol. The second-order valence-corrected chi connectivity index (χ2v) is 4.69. The molecule has 108 valence electrons. The maximum Gasteiger partial charge on any atom is 0.360 e. The highest BCUT2D eigenvalue weighted by molar-refractivity contribution is 5.92. The molecule has 0 bridgehead atoms. The molecule has 0 aliphatic rings. The molecular formula is C13H23N3O3. The minimum atomic E-state index is -0.487. The zero-order valence-electron chi connectivity index (χ0n) is 11.9. The summed E-state index contributed by atoms with van der Waals surface area (Å²) >= 11 is 0. The lowest BCUT2D eigenvalue weighted by Crippen LogP contribution is -2.12. The lowest BCUT2D eigenvalue weighted by molar-refractivity contribution is 0.0521. The van der Waals surface area contributed by atoms with Gasteiger partial charge in [-0.1, -0.05) is 13.8 Å². The number of imidazole rings is 1. The highest BCUT2D eigenvalue weighted by Gasteiger charge is 2.16. The third-order valence-electron chi connectivity index (χ3n) is 2.66. The molecule has 1 aromatic rings. The number of aromatic nitrogens is 2. The Bertz CT molecular complexity index is 402. The Balaban J connectivity index is 2.41. The topological polar surface area (TPSA) is 79.4 Å². The van der Waals surface area contributed by atoms with Gasteiger partial charge in [0.25, 0.3) is 0 Å². The van der Waals surface area contributed by atoms with Crippen molar-refractivity contribution in [3.63, 3.8) is 0 Å². The number of nitrogens with zero attached hydrogens (tertiary/aromatic N) is 2. The van der Waals surface area contributed by atoms with Crippen LogP contribution in [0.15, 0.2) is 6.33 Å². The lowest BCUT2D eigenvalue weighted by Gasteiger charge is -2.08. The summed E-state index contributed by atoms with van der Waals surface area (Å²) in [4.78, 5) is 15.5. The van der Waals surface area contributed by atoms with E-state index in [4.69, 9.17) is 15.2 Å². The molecule has 6 heteroatoms. The van der Waals surface area contributed by atoms with Crippen LogP contribution in [0.25, 0.3) is 0 Å². The smallest absolute Gasteiger partial charge is 0.360 e. The number of carbonyl (C=O) groups is 1. The molecule has 0 saturated carbocycles. The summed E-state index contributed by atoms with van der Waals surface area (Å²) in [5, 5.41) is 0. The van der Waals surface area contributed by atoms with Crippen LogP contribution in [0.1, 0.15) is 37.7 Å².